The lowest BCUT2D eigenvalue weighted by Gasteiger charge is -2.10. The Morgan fingerprint density at radius 1 is 0.810 bits per heavy atom. The Balaban J connectivity index is 1.93. The average Bonchev–Trinajstić information content (AvgIpc) is 2.53. The van der Waals surface area contributed by atoms with E-state index in [4.69, 9.17) is 0 Å². The second-order valence-electron chi connectivity index (χ2n) is 5.81. The Kier molecular flexibility index (Phi) is 11.5. The number of hydrogen-bond acceptors (Lipinski definition) is 2. The van der Waals surface area contributed by atoms with Gasteiger partial charge in [-0.15, -0.1) is 11.8 Å². The van der Waals surface area contributed by atoms with Crippen LogP contribution in [0.15, 0.2) is 29.2 Å². The van der Waals surface area contributed by atoms with Gasteiger partial charge in [-0.1, -0.05) is 76.8 Å². The van der Waals surface area contributed by atoms with Crippen molar-refractivity contribution in [1.82, 2.24) is 0 Å². The molecule has 120 valence electrons. The second-order valence-corrected chi connectivity index (χ2v) is 6.66. The zero-order chi connectivity index (χ0) is 15.2. The molecule has 0 spiro atoms. The van der Waals surface area contributed by atoms with Crippen molar-refractivity contribution in [3.05, 3.63) is 24.3 Å². The van der Waals surface area contributed by atoms with Gasteiger partial charge in [0.25, 0.3) is 0 Å². The highest BCUT2D eigenvalue weighted by molar-refractivity contribution is 7.98. The van der Waals surface area contributed by atoms with Crippen LogP contribution in [0.5, 0.6) is 0 Å². The molecule has 0 heterocycles. The van der Waals surface area contributed by atoms with E-state index < -0.39 is 0 Å². The minimum absolute atomic E-state index is 1.11. The van der Waals surface area contributed by atoms with Crippen LogP contribution in [0.4, 0.5) is 5.69 Å². The molecule has 1 rings (SSSR count). The van der Waals surface area contributed by atoms with E-state index in [-0.39, 0.29) is 0 Å². The molecule has 0 saturated carbocycles. The molecule has 0 aliphatic heterocycles. The third-order valence-electron chi connectivity index (χ3n) is 3.95. The Labute approximate surface area is 136 Å². The first kappa shape index (κ1) is 18.4. The molecule has 1 N–H and O–H groups in total. The minimum atomic E-state index is 1.11. The quantitative estimate of drug-likeness (QED) is 0.320. The zero-order valence-corrected chi connectivity index (χ0v) is 14.8. The fourth-order valence-electron chi connectivity index (χ4n) is 2.63. The van der Waals surface area contributed by atoms with Crippen molar-refractivity contribution in [2.45, 2.75) is 76.0 Å². The van der Waals surface area contributed by atoms with Gasteiger partial charge in [0.05, 0.1) is 0 Å². The van der Waals surface area contributed by atoms with Crippen LogP contribution < -0.4 is 5.32 Å². The largest absolute Gasteiger partial charge is 0.384 e. The van der Waals surface area contributed by atoms with E-state index in [9.17, 15) is 0 Å². The van der Waals surface area contributed by atoms with Crippen molar-refractivity contribution in [2.75, 3.05) is 18.1 Å². The molecule has 0 aliphatic rings. The Bertz CT molecular complexity index is 351. The predicted octanol–water partition coefficient (Wildman–Crippen LogP) is 6.74. The van der Waals surface area contributed by atoms with Crippen molar-refractivity contribution < 1.29 is 0 Å². The van der Waals surface area contributed by atoms with E-state index in [1.165, 1.54) is 74.8 Å². The minimum Gasteiger partial charge on any atom is -0.384 e. The molecular formula is C19H33NS. The van der Waals surface area contributed by atoms with E-state index in [0.717, 1.165) is 6.54 Å². The fraction of sp³-hybridized carbons (Fsp3) is 0.684. The Morgan fingerprint density at radius 3 is 2.00 bits per heavy atom. The first-order valence-electron chi connectivity index (χ1n) is 8.75. The summed E-state index contributed by atoms with van der Waals surface area (Å²) in [6.07, 6.45) is 16.2. The summed E-state index contributed by atoms with van der Waals surface area (Å²) in [4.78, 5) is 1.35. The predicted molar refractivity (Wildman–Crippen MR) is 98.6 cm³/mol. The van der Waals surface area contributed by atoms with Gasteiger partial charge in [0.1, 0.15) is 0 Å². The van der Waals surface area contributed by atoms with Crippen molar-refractivity contribution in [1.29, 1.82) is 0 Å². The number of rotatable bonds is 13. The summed E-state index contributed by atoms with van der Waals surface area (Å²) < 4.78 is 0. The molecule has 1 nitrogen and oxygen atoms in total. The van der Waals surface area contributed by atoms with Crippen LogP contribution in [0.25, 0.3) is 0 Å². The summed E-state index contributed by atoms with van der Waals surface area (Å²) in [6, 6.07) is 8.59. The lowest BCUT2D eigenvalue weighted by molar-refractivity contribution is 0.560. The summed E-state index contributed by atoms with van der Waals surface area (Å²) in [7, 11) is 0. The first-order chi connectivity index (χ1) is 10.4. The maximum atomic E-state index is 3.57. The number of unbranched alkanes of at least 4 members (excludes halogenated alkanes) is 9. The van der Waals surface area contributed by atoms with Crippen molar-refractivity contribution in [3.63, 3.8) is 0 Å². The molecule has 0 fully saturated rings. The second kappa shape index (κ2) is 13.1. The smallest absolute Gasteiger partial charge is 0.0478 e. The van der Waals surface area contributed by atoms with Crippen LogP contribution in [-0.4, -0.2) is 12.8 Å². The number of benzene rings is 1. The highest BCUT2D eigenvalue weighted by Crippen LogP contribution is 2.24. The molecule has 2 heteroatoms. The molecule has 21 heavy (non-hydrogen) atoms. The third kappa shape index (κ3) is 9.08. The van der Waals surface area contributed by atoms with Crippen molar-refractivity contribution in [3.8, 4) is 0 Å². The van der Waals surface area contributed by atoms with E-state index >= 15 is 0 Å². The van der Waals surface area contributed by atoms with Crippen molar-refractivity contribution in [2.24, 2.45) is 0 Å². The van der Waals surface area contributed by atoms with Gasteiger partial charge >= 0.3 is 0 Å². The van der Waals surface area contributed by atoms with Gasteiger partial charge < -0.3 is 5.32 Å². The summed E-state index contributed by atoms with van der Waals surface area (Å²) >= 11 is 1.82. The Hall–Kier alpha value is -0.630. The number of thioether (sulfide) groups is 1. The van der Waals surface area contributed by atoms with Crippen LogP contribution >= 0.6 is 11.8 Å². The SMILES string of the molecule is CCCCCCCCCCCCNc1ccccc1SC. The monoisotopic (exact) mass is 307 g/mol. The molecule has 0 atom stereocenters. The zero-order valence-electron chi connectivity index (χ0n) is 14.0. The molecule has 0 saturated heterocycles. The van der Waals surface area contributed by atoms with Gasteiger partial charge in [-0.3, -0.25) is 0 Å². The third-order valence-corrected chi connectivity index (χ3v) is 4.75. The number of nitrogens with one attached hydrogen (secondary N) is 1. The lowest BCUT2D eigenvalue weighted by Crippen LogP contribution is -2.02. The number of hydrogen-bond donors (Lipinski definition) is 1. The molecule has 0 aliphatic carbocycles. The summed E-state index contributed by atoms with van der Waals surface area (Å²) in [6.45, 7) is 3.39. The van der Waals surface area contributed by atoms with Gasteiger partial charge in [0.2, 0.25) is 0 Å². The highest BCUT2D eigenvalue weighted by Gasteiger charge is 1.98. The maximum Gasteiger partial charge on any atom is 0.0478 e. The van der Waals surface area contributed by atoms with Crippen molar-refractivity contribution >= 4 is 17.4 Å². The van der Waals surface area contributed by atoms with Crippen LogP contribution in [-0.2, 0) is 0 Å². The van der Waals surface area contributed by atoms with E-state index in [1.807, 2.05) is 11.8 Å². The van der Waals surface area contributed by atoms with E-state index in [2.05, 4.69) is 42.8 Å². The van der Waals surface area contributed by atoms with E-state index in [0.29, 0.717) is 0 Å². The van der Waals surface area contributed by atoms with Gasteiger partial charge in [0, 0.05) is 17.1 Å². The summed E-state index contributed by atoms with van der Waals surface area (Å²) in [5.74, 6) is 0. The fourth-order valence-corrected chi connectivity index (χ4v) is 3.20. The maximum absolute atomic E-state index is 3.57. The molecule has 0 aromatic heterocycles. The van der Waals surface area contributed by atoms with Gasteiger partial charge in [-0.25, -0.2) is 0 Å². The first-order valence-corrected chi connectivity index (χ1v) is 9.98. The van der Waals surface area contributed by atoms with Gasteiger partial charge in [-0.2, -0.15) is 0 Å². The molecular weight excluding hydrogens is 274 g/mol. The summed E-state index contributed by atoms with van der Waals surface area (Å²) in [5.41, 5.74) is 1.29. The number of para-hydroxylation sites is 1. The van der Waals surface area contributed by atoms with Gasteiger partial charge in [0.15, 0.2) is 0 Å². The molecule has 0 radical (unpaired) electrons. The van der Waals surface area contributed by atoms with E-state index in [1.54, 1.807) is 0 Å². The Morgan fingerprint density at radius 2 is 1.38 bits per heavy atom. The lowest BCUT2D eigenvalue weighted by atomic mass is 10.1. The standard InChI is InChI=1S/C19H33NS/c1-3-4-5-6-7-8-9-10-11-14-17-20-18-15-12-13-16-19(18)21-2/h12-13,15-16,20H,3-11,14,17H2,1-2H3. The van der Waals surface area contributed by atoms with Crippen LogP contribution in [0, 0.1) is 0 Å². The molecule has 0 bridgehead atoms. The number of anilines is 1. The molecule has 1 aromatic rings. The van der Waals surface area contributed by atoms with Gasteiger partial charge in [-0.05, 0) is 24.8 Å². The molecule has 1 aromatic carbocycles. The average molecular weight is 308 g/mol. The highest BCUT2D eigenvalue weighted by atomic mass is 32.2. The van der Waals surface area contributed by atoms with Crippen LogP contribution in [0.2, 0.25) is 0 Å². The summed E-state index contributed by atoms with van der Waals surface area (Å²) in [5, 5.41) is 3.57. The van der Waals surface area contributed by atoms with Crippen LogP contribution in [0.3, 0.4) is 0 Å². The normalized spacial score (nSPS) is 10.8. The molecule has 0 unspecified atom stereocenters. The van der Waals surface area contributed by atoms with Crippen LogP contribution in [0.1, 0.15) is 71.1 Å². The molecule has 0 amide bonds. The topological polar surface area (TPSA) is 12.0 Å².